The smallest absolute Gasteiger partial charge is 0.255 e. The summed E-state index contributed by atoms with van der Waals surface area (Å²) in [4.78, 5) is 37.3. The second kappa shape index (κ2) is 5.59. The van der Waals surface area contributed by atoms with Crippen LogP contribution in [0.4, 0.5) is 5.69 Å². The third-order valence-corrected chi connectivity index (χ3v) is 5.97. The Hall–Kier alpha value is -3.33. The van der Waals surface area contributed by atoms with Gasteiger partial charge >= 0.3 is 0 Å². The van der Waals surface area contributed by atoms with Crippen molar-refractivity contribution >= 4 is 23.2 Å². The highest BCUT2D eigenvalue weighted by Gasteiger charge is 2.59. The molecule has 0 spiro atoms. The largest absolute Gasteiger partial charge is 0.511 e. The predicted octanol–water partition coefficient (Wildman–Crippen LogP) is 0.163. The summed E-state index contributed by atoms with van der Waals surface area (Å²) in [6.45, 7) is 0. The standard InChI is InChI=1S/C19H18N2O7/c20-9-2-1-6-3-7-4-8-5-10(22)13(18(21)27)17(26)19(8,28)16(25)12(7)15(24)11(6)14(9)23/h1-2,7-8,22-23,25,28H,3-5,20H2,(H2,21,27)/t7?,8?,19-/m0/s1. The van der Waals surface area contributed by atoms with E-state index in [1.54, 1.807) is 6.07 Å². The maximum absolute atomic E-state index is 13.0. The minimum absolute atomic E-state index is 0.0179. The number of ketones is 2. The number of carbonyl (C=O) groups excluding carboxylic acids is 3. The van der Waals surface area contributed by atoms with Crippen molar-refractivity contribution < 1.29 is 34.8 Å². The van der Waals surface area contributed by atoms with Crippen molar-refractivity contribution in [1.82, 2.24) is 0 Å². The van der Waals surface area contributed by atoms with E-state index in [0.29, 0.717) is 5.56 Å². The predicted molar refractivity (Wildman–Crippen MR) is 95.2 cm³/mol. The number of rotatable bonds is 1. The molecule has 2 unspecified atom stereocenters. The third kappa shape index (κ3) is 2.07. The van der Waals surface area contributed by atoms with E-state index >= 15 is 0 Å². The molecule has 0 bridgehead atoms. The molecular formula is C19H18N2O7. The number of carbonyl (C=O) groups is 3. The topological polar surface area (TPSA) is 184 Å². The molecule has 1 aromatic carbocycles. The fourth-order valence-corrected chi connectivity index (χ4v) is 4.61. The second-order valence-electron chi connectivity index (χ2n) is 7.45. The Kier molecular flexibility index (Phi) is 3.60. The molecule has 0 heterocycles. The zero-order chi connectivity index (χ0) is 20.5. The number of hydrogen-bond donors (Lipinski definition) is 6. The zero-order valence-corrected chi connectivity index (χ0v) is 14.6. The molecule has 0 fully saturated rings. The Labute approximate surface area is 158 Å². The Morgan fingerprint density at radius 1 is 1.14 bits per heavy atom. The summed E-state index contributed by atoms with van der Waals surface area (Å²) in [6.07, 6.45) is 0.124. The van der Waals surface area contributed by atoms with Gasteiger partial charge in [0.1, 0.15) is 22.8 Å². The highest BCUT2D eigenvalue weighted by molar-refractivity contribution is 6.24. The molecule has 9 nitrogen and oxygen atoms in total. The van der Waals surface area contributed by atoms with E-state index in [2.05, 4.69) is 0 Å². The van der Waals surface area contributed by atoms with Gasteiger partial charge in [-0.25, -0.2) is 0 Å². The summed E-state index contributed by atoms with van der Waals surface area (Å²) in [5.41, 5.74) is 7.67. The van der Waals surface area contributed by atoms with E-state index in [1.165, 1.54) is 6.07 Å². The van der Waals surface area contributed by atoms with Gasteiger partial charge in [0, 0.05) is 17.9 Å². The number of aliphatic hydroxyl groups excluding tert-OH is 2. The van der Waals surface area contributed by atoms with E-state index in [9.17, 15) is 34.8 Å². The molecule has 3 aliphatic rings. The van der Waals surface area contributed by atoms with Crippen molar-refractivity contribution in [2.24, 2.45) is 17.6 Å². The van der Waals surface area contributed by atoms with Crippen molar-refractivity contribution in [2.45, 2.75) is 24.9 Å². The summed E-state index contributed by atoms with van der Waals surface area (Å²) in [5, 5.41) is 42.1. The van der Waals surface area contributed by atoms with E-state index < -0.39 is 57.8 Å². The number of phenols is 1. The van der Waals surface area contributed by atoms with Crippen LogP contribution in [0.25, 0.3) is 0 Å². The normalized spacial score (nSPS) is 29.3. The summed E-state index contributed by atoms with van der Waals surface area (Å²) < 4.78 is 0. The van der Waals surface area contributed by atoms with Crippen LogP contribution in [-0.2, 0) is 16.0 Å². The number of aromatic hydroxyl groups is 1. The summed E-state index contributed by atoms with van der Waals surface area (Å²) in [6, 6.07) is 3.07. The van der Waals surface area contributed by atoms with E-state index in [-0.39, 0.29) is 36.1 Å². The molecule has 0 aromatic heterocycles. The lowest BCUT2D eigenvalue weighted by Crippen LogP contribution is -2.57. The van der Waals surface area contributed by atoms with Crippen LogP contribution < -0.4 is 11.5 Å². The first-order valence-corrected chi connectivity index (χ1v) is 8.66. The van der Waals surface area contributed by atoms with Crippen molar-refractivity contribution in [2.75, 3.05) is 5.73 Å². The maximum atomic E-state index is 13.0. The monoisotopic (exact) mass is 386 g/mol. The molecule has 0 radical (unpaired) electrons. The number of nitrogens with two attached hydrogens (primary N) is 2. The van der Waals surface area contributed by atoms with Crippen LogP contribution in [0.1, 0.15) is 28.8 Å². The molecule has 3 aliphatic carbocycles. The number of Topliss-reactive ketones (excluding diaryl/α,β-unsaturated/α-hetero) is 2. The Morgan fingerprint density at radius 2 is 1.82 bits per heavy atom. The molecule has 8 N–H and O–H groups in total. The zero-order valence-electron chi connectivity index (χ0n) is 14.6. The number of aliphatic hydroxyl groups is 3. The van der Waals surface area contributed by atoms with Crippen LogP contribution in [-0.4, -0.2) is 43.5 Å². The molecule has 4 rings (SSSR count). The van der Waals surface area contributed by atoms with Crippen LogP contribution in [0.3, 0.4) is 0 Å². The number of benzene rings is 1. The van der Waals surface area contributed by atoms with Crippen LogP contribution in [0.2, 0.25) is 0 Å². The minimum Gasteiger partial charge on any atom is -0.511 e. The molecule has 146 valence electrons. The number of hydrogen-bond acceptors (Lipinski definition) is 8. The summed E-state index contributed by atoms with van der Waals surface area (Å²) >= 11 is 0. The van der Waals surface area contributed by atoms with Gasteiger partial charge in [-0.15, -0.1) is 0 Å². The quantitative estimate of drug-likeness (QED) is 0.224. The fourth-order valence-electron chi connectivity index (χ4n) is 4.61. The van der Waals surface area contributed by atoms with E-state index in [1.807, 2.05) is 0 Å². The third-order valence-electron chi connectivity index (χ3n) is 5.97. The Balaban J connectivity index is 1.92. The fraction of sp³-hybridized carbons (Fsp3) is 0.316. The van der Waals surface area contributed by atoms with E-state index in [4.69, 9.17) is 11.5 Å². The van der Waals surface area contributed by atoms with Gasteiger partial charge in [-0.05, 0) is 30.4 Å². The van der Waals surface area contributed by atoms with Gasteiger partial charge in [-0.2, -0.15) is 0 Å². The van der Waals surface area contributed by atoms with Crippen LogP contribution in [0.15, 0.2) is 34.8 Å². The van der Waals surface area contributed by atoms with Gasteiger partial charge in [0.25, 0.3) is 5.91 Å². The highest BCUT2D eigenvalue weighted by Crippen LogP contribution is 2.51. The van der Waals surface area contributed by atoms with Crippen molar-refractivity contribution in [3.63, 3.8) is 0 Å². The molecule has 0 saturated heterocycles. The number of nitrogen functional groups attached to an aromatic ring is 1. The van der Waals surface area contributed by atoms with Gasteiger partial charge in [0.15, 0.2) is 11.4 Å². The molecular weight excluding hydrogens is 368 g/mol. The van der Waals surface area contributed by atoms with Crippen molar-refractivity contribution in [1.29, 1.82) is 0 Å². The van der Waals surface area contributed by atoms with Crippen molar-refractivity contribution in [3.05, 3.63) is 45.9 Å². The number of fused-ring (bicyclic) bond motifs is 3. The van der Waals surface area contributed by atoms with Crippen LogP contribution >= 0.6 is 0 Å². The first-order valence-electron chi connectivity index (χ1n) is 8.66. The van der Waals surface area contributed by atoms with Gasteiger partial charge in [0.2, 0.25) is 5.78 Å². The van der Waals surface area contributed by atoms with Gasteiger partial charge in [0.05, 0.1) is 11.3 Å². The molecule has 0 saturated carbocycles. The number of phenolic OH excluding ortho intramolecular Hbond substituents is 1. The van der Waals surface area contributed by atoms with E-state index in [0.717, 1.165) is 0 Å². The highest BCUT2D eigenvalue weighted by atomic mass is 16.3. The number of allylic oxidation sites excluding steroid dienone is 2. The lowest BCUT2D eigenvalue weighted by Gasteiger charge is -2.45. The SMILES string of the molecule is NC(=O)C1=C(O)CC2CC3Cc4ccc(N)c(O)c4C(=O)C3=C(O)[C@]2(O)C1=O. The van der Waals surface area contributed by atoms with Gasteiger partial charge in [-0.3, -0.25) is 14.4 Å². The molecule has 0 aliphatic heterocycles. The molecule has 1 aromatic rings. The lowest BCUT2D eigenvalue weighted by atomic mass is 9.60. The Morgan fingerprint density at radius 3 is 2.46 bits per heavy atom. The van der Waals surface area contributed by atoms with Crippen LogP contribution in [0.5, 0.6) is 5.75 Å². The van der Waals surface area contributed by atoms with Crippen LogP contribution in [0, 0.1) is 11.8 Å². The van der Waals surface area contributed by atoms with Crippen molar-refractivity contribution in [3.8, 4) is 5.75 Å². The summed E-state index contributed by atoms with van der Waals surface area (Å²) in [7, 11) is 0. The molecule has 28 heavy (non-hydrogen) atoms. The maximum Gasteiger partial charge on any atom is 0.255 e. The average molecular weight is 386 g/mol. The minimum atomic E-state index is -2.55. The first-order chi connectivity index (χ1) is 13.1. The lowest BCUT2D eigenvalue weighted by molar-refractivity contribution is -0.144. The molecule has 1 amide bonds. The first kappa shape index (κ1) is 18.1. The average Bonchev–Trinajstić information content (AvgIpc) is 2.61. The van der Waals surface area contributed by atoms with Gasteiger partial charge < -0.3 is 31.9 Å². The number of anilines is 1. The molecule has 9 heteroatoms. The van der Waals surface area contributed by atoms with Gasteiger partial charge in [-0.1, -0.05) is 6.07 Å². The Bertz CT molecular complexity index is 1040. The number of primary amides is 1. The molecule has 3 atom stereocenters. The second-order valence-corrected chi connectivity index (χ2v) is 7.45. The summed E-state index contributed by atoms with van der Waals surface area (Å²) in [5.74, 6) is -6.54. The number of amides is 1.